The standard InChI is InChI=1S/C22H17N3O6/c1-11-8-19(26)30-18-7-12(2)16(10-14(11)18)23-22(29)25-24-20(27)15-9-13-5-3-4-6-17(13)31-21(15)28/h3-10H,1-2H3,(H,24,27)(H2,23,25,29). The van der Waals surface area contributed by atoms with E-state index in [1.54, 1.807) is 50.2 Å². The van der Waals surface area contributed by atoms with Gasteiger partial charge in [0.2, 0.25) is 0 Å². The van der Waals surface area contributed by atoms with E-state index >= 15 is 0 Å². The molecule has 0 fully saturated rings. The summed E-state index contributed by atoms with van der Waals surface area (Å²) in [4.78, 5) is 48.2. The van der Waals surface area contributed by atoms with Gasteiger partial charge in [0.05, 0.1) is 0 Å². The van der Waals surface area contributed by atoms with E-state index in [0.717, 1.165) is 0 Å². The van der Waals surface area contributed by atoms with Crippen molar-refractivity contribution in [2.45, 2.75) is 13.8 Å². The van der Waals surface area contributed by atoms with Crippen LogP contribution in [-0.2, 0) is 0 Å². The second kappa shape index (κ2) is 7.79. The fourth-order valence-corrected chi connectivity index (χ4v) is 3.16. The molecular formula is C22H17N3O6. The van der Waals surface area contributed by atoms with E-state index < -0.39 is 23.2 Å². The fraction of sp³-hybridized carbons (Fsp3) is 0.0909. The van der Waals surface area contributed by atoms with Gasteiger partial charge in [-0.15, -0.1) is 0 Å². The number of fused-ring (bicyclic) bond motifs is 2. The van der Waals surface area contributed by atoms with Crippen LogP contribution in [0.25, 0.3) is 21.9 Å². The highest BCUT2D eigenvalue weighted by Crippen LogP contribution is 2.24. The number of amides is 3. The predicted molar refractivity (Wildman–Crippen MR) is 114 cm³/mol. The SMILES string of the molecule is Cc1cc2oc(=O)cc(C)c2cc1NC(=O)NNC(=O)c1cc2ccccc2oc1=O. The monoisotopic (exact) mass is 419 g/mol. The fourth-order valence-electron chi connectivity index (χ4n) is 3.16. The Hall–Kier alpha value is -4.40. The maximum absolute atomic E-state index is 12.3. The van der Waals surface area contributed by atoms with Crippen LogP contribution in [0.3, 0.4) is 0 Å². The molecule has 0 bridgehead atoms. The van der Waals surface area contributed by atoms with E-state index in [1.165, 1.54) is 12.1 Å². The van der Waals surface area contributed by atoms with Crippen LogP contribution in [0, 0.1) is 13.8 Å². The van der Waals surface area contributed by atoms with Crippen LogP contribution in [0.1, 0.15) is 21.5 Å². The lowest BCUT2D eigenvalue weighted by Gasteiger charge is -2.12. The van der Waals surface area contributed by atoms with Crippen LogP contribution in [-0.4, -0.2) is 11.9 Å². The molecule has 0 unspecified atom stereocenters. The highest BCUT2D eigenvalue weighted by Gasteiger charge is 2.15. The molecule has 9 nitrogen and oxygen atoms in total. The normalized spacial score (nSPS) is 10.8. The molecule has 0 aliphatic rings. The number of hydrogen-bond acceptors (Lipinski definition) is 6. The molecule has 4 rings (SSSR count). The molecule has 3 amide bonds. The number of nitrogens with one attached hydrogen (secondary N) is 3. The van der Waals surface area contributed by atoms with Gasteiger partial charge in [-0.1, -0.05) is 18.2 Å². The van der Waals surface area contributed by atoms with Crippen molar-refractivity contribution in [3.63, 3.8) is 0 Å². The maximum Gasteiger partial charge on any atom is 0.349 e. The van der Waals surface area contributed by atoms with Gasteiger partial charge >= 0.3 is 17.3 Å². The molecule has 2 aromatic carbocycles. The molecule has 0 saturated carbocycles. The third-order valence-corrected chi connectivity index (χ3v) is 4.72. The maximum atomic E-state index is 12.3. The van der Waals surface area contributed by atoms with Crippen molar-refractivity contribution in [1.29, 1.82) is 0 Å². The van der Waals surface area contributed by atoms with Crippen LogP contribution in [0.4, 0.5) is 10.5 Å². The summed E-state index contributed by atoms with van der Waals surface area (Å²) >= 11 is 0. The predicted octanol–water partition coefficient (Wildman–Crippen LogP) is 2.98. The minimum absolute atomic E-state index is 0.244. The lowest BCUT2D eigenvalue weighted by molar-refractivity contribution is 0.0934. The number of hydrogen-bond donors (Lipinski definition) is 3. The van der Waals surface area contributed by atoms with Crippen molar-refractivity contribution in [2.75, 3.05) is 5.32 Å². The van der Waals surface area contributed by atoms with E-state index in [1.807, 2.05) is 0 Å². The molecule has 0 aliphatic carbocycles. The molecule has 0 radical (unpaired) electrons. The largest absolute Gasteiger partial charge is 0.423 e. The summed E-state index contributed by atoms with van der Waals surface area (Å²) in [6, 6.07) is 12.1. The molecule has 4 aromatic rings. The van der Waals surface area contributed by atoms with Gasteiger partial charge in [0, 0.05) is 22.5 Å². The van der Waals surface area contributed by atoms with Crippen LogP contribution < -0.4 is 27.4 Å². The zero-order chi connectivity index (χ0) is 22.1. The molecule has 3 N–H and O–H groups in total. The van der Waals surface area contributed by atoms with Gasteiger partial charge in [-0.05, 0) is 49.2 Å². The van der Waals surface area contributed by atoms with E-state index in [-0.39, 0.29) is 5.56 Å². The third-order valence-electron chi connectivity index (χ3n) is 4.72. The highest BCUT2D eigenvalue weighted by molar-refractivity contribution is 5.99. The molecule has 0 aliphatic heterocycles. The van der Waals surface area contributed by atoms with Gasteiger partial charge in [-0.2, -0.15) is 0 Å². The Morgan fingerprint density at radius 1 is 0.839 bits per heavy atom. The smallest absolute Gasteiger partial charge is 0.349 e. The Labute approximate surface area is 174 Å². The quantitative estimate of drug-likeness (QED) is 0.338. The summed E-state index contributed by atoms with van der Waals surface area (Å²) in [5.41, 5.74) is 5.43. The van der Waals surface area contributed by atoms with Crippen molar-refractivity contribution < 1.29 is 18.4 Å². The van der Waals surface area contributed by atoms with E-state index in [0.29, 0.717) is 38.8 Å². The Kier molecular flexibility index (Phi) is 5.00. The number of para-hydroxylation sites is 1. The second-order valence-electron chi connectivity index (χ2n) is 6.93. The topological polar surface area (TPSA) is 131 Å². The number of aryl methyl sites for hydroxylation is 2. The molecule has 31 heavy (non-hydrogen) atoms. The summed E-state index contributed by atoms with van der Waals surface area (Å²) < 4.78 is 10.3. The first-order valence-electron chi connectivity index (χ1n) is 9.27. The molecular weight excluding hydrogens is 402 g/mol. The molecule has 0 atom stereocenters. The molecule has 0 spiro atoms. The Balaban J connectivity index is 1.49. The first kappa shape index (κ1) is 19.9. The summed E-state index contributed by atoms with van der Waals surface area (Å²) in [7, 11) is 0. The first-order valence-corrected chi connectivity index (χ1v) is 9.27. The lowest BCUT2D eigenvalue weighted by Crippen LogP contribution is -2.45. The van der Waals surface area contributed by atoms with Gasteiger partial charge in [0.1, 0.15) is 16.7 Å². The van der Waals surface area contributed by atoms with Gasteiger partial charge in [0.15, 0.2) is 0 Å². The number of urea groups is 1. The Morgan fingerprint density at radius 2 is 1.61 bits per heavy atom. The summed E-state index contributed by atoms with van der Waals surface area (Å²) in [5, 5.41) is 3.85. The second-order valence-corrected chi connectivity index (χ2v) is 6.93. The number of benzene rings is 2. The number of carbonyl (C=O) groups is 2. The van der Waals surface area contributed by atoms with Gasteiger partial charge in [-0.25, -0.2) is 19.8 Å². The van der Waals surface area contributed by atoms with Crippen molar-refractivity contribution in [3.8, 4) is 0 Å². The summed E-state index contributed by atoms with van der Waals surface area (Å²) in [6.45, 7) is 3.49. The van der Waals surface area contributed by atoms with Crippen molar-refractivity contribution in [2.24, 2.45) is 0 Å². The zero-order valence-corrected chi connectivity index (χ0v) is 16.6. The summed E-state index contributed by atoms with van der Waals surface area (Å²) in [6.07, 6.45) is 0. The molecule has 2 heterocycles. The number of carbonyl (C=O) groups excluding carboxylic acids is 2. The Morgan fingerprint density at radius 3 is 2.42 bits per heavy atom. The molecule has 0 saturated heterocycles. The zero-order valence-electron chi connectivity index (χ0n) is 16.6. The Bertz CT molecular complexity index is 1470. The lowest BCUT2D eigenvalue weighted by atomic mass is 10.1. The average Bonchev–Trinajstić information content (AvgIpc) is 2.72. The number of rotatable bonds is 2. The minimum Gasteiger partial charge on any atom is -0.423 e. The van der Waals surface area contributed by atoms with Gasteiger partial charge in [-0.3, -0.25) is 10.2 Å². The average molecular weight is 419 g/mol. The van der Waals surface area contributed by atoms with Crippen LogP contribution in [0.5, 0.6) is 0 Å². The van der Waals surface area contributed by atoms with Crippen LogP contribution >= 0.6 is 0 Å². The number of hydrazine groups is 1. The summed E-state index contributed by atoms with van der Waals surface area (Å²) in [5.74, 6) is -0.817. The molecule has 9 heteroatoms. The van der Waals surface area contributed by atoms with Gasteiger partial charge in [0.25, 0.3) is 5.91 Å². The van der Waals surface area contributed by atoms with E-state index in [9.17, 15) is 19.2 Å². The van der Waals surface area contributed by atoms with Gasteiger partial charge < -0.3 is 14.2 Å². The molecule has 2 aromatic heterocycles. The minimum atomic E-state index is -0.819. The molecule has 156 valence electrons. The van der Waals surface area contributed by atoms with Crippen molar-refractivity contribution >= 4 is 39.6 Å². The first-order chi connectivity index (χ1) is 14.8. The van der Waals surface area contributed by atoms with Crippen molar-refractivity contribution in [1.82, 2.24) is 10.9 Å². The van der Waals surface area contributed by atoms with E-state index in [2.05, 4.69) is 16.2 Å². The third kappa shape index (κ3) is 4.01. The highest BCUT2D eigenvalue weighted by atomic mass is 16.4. The van der Waals surface area contributed by atoms with Crippen molar-refractivity contribution in [3.05, 3.63) is 86.1 Å². The van der Waals surface area contributed by atoms with E-state index in [4.69, 9.17) is 8.83 Å². The van der Waals surface area contributed by atoms with Crippen LogP contribution in [0.2, 0.25) is 0 Å². The number of anilines is 1. The van der Waals surface area contributed by atoms with Crippen LogP contribution in [0.15, 0.2) is 67.0 Å².